The summed E-state index contributed by atoms with van der Waals surface area (Å²) in [6, 6.07) is -2.33. The maximum absolute atomic E-state index is 10.8. The fraction of sp³-hybridized carbons (Fsp3) is 0.429. The maximum Gasteiger partial charge on any atom is 0.320 e. The molecule has 12 heavy (non-hydrogen) atoms. The summed E-state index contributed by atoms with van der Waals surface area (Å²) in [5.74, 6) is -1.54. The van der Waals surface area contributed by atoms with Crippen LogP contribution < -0.4 is 5.72 Å². The SMILES string of the molecule is [2H]N([2H])[C@@]([2H])(Cc1cn(C)cn1)C(=O)O. The Hall–Kier alpha value is -1.36. The van der Waals surface area contributed by atoms with Crippen LogP contribution in [0.1, 0.15) is 7.06 Å². The Bertz CT molecular complexity index is 368. The Morgan fingerprint density at radius 3 is 3.33 bits per heavy atom. The Morgan fingerprint density at radius 2 is 2.92 bits per heavy atom. The minimum Gasteiger partial charge on any atom is -0.480 e. The topological polar surface area (TPSA) is 81.1 Å². The highest BCUT2D eigenvalue weighted by Gasteiger charge is 2.12. The molecule has 1 aromatic rings. The molecule has 5 heteroatoms. The fourth-order valence-corrected chi connectivity index (χ4v) is 0.805. The Morgan fingerprint density at radius 1 is 2.17 bits per heavy atom. The lowest BCUT2D eigenvalue weighted by atomic mass is 10.2. The second kappa shape index (κ2) is 3.36. The third-order valence-corrected chi connectivity index (χ3v) is 1.35. The van der Waals surface area contributed by atoms with Crippen LogP contribution in [0.15, 0.2) is 12.5 Å². The first-order chi connectivity index (χ1) is 6.86. The lowest BCUT2D eigenvalue weighted by molar-refractivity contribution is -0.138. The monoisotopic (exact) mass is 172 g/mol. The Labute approximate surface area is 74.2 Å². The highest BCUT2D eigenvalue weighted by Crippen LogP contribution is 1.97. The van der Waals surface area contributed by atoms with E-state index in [0.29, 0.717) is 5.69 Å². The summed E-state index contributed by atoms with van der Waals surface area (Å²) in [6.45, 7) is 0. The van der Waals surface area contributed by atoms with E-state index in [1.807, 2.05) is 0 Å². The van der Waals surface area contributed by atoms with Crippen LogP contribution in [0, 0.1) is 0 Å². The van der Waals surface area contributed by atoms with Gasteiger partial charge in [-0.25, -0.2) is 4.98 Å². The molecule has 0 saturated carbocycles. The fourth-order valence-electron chi connectivity index (χ4n) is 0.805. The van der Waals surface area contributed by atoms with E-state index >= 15 is 0 Å². The van der Waals surface area contributed by atoms with Gasteiger partial charge in [0.2, 0.25) is 0 Å². The van der Waals surface area contributed by atoms with Gasteiger partial charge < -0.3 is 15.4 Å². The third kappa shape index (κ3) is 2.06. The molecule has 0 aromatic carbocycles. The number of nitrogens with zero attached hydrogens (tertiary/aromatic N) is 2. The number of carboxylic acids is 1. The summed E-state index contributed by atoms with van der Waals surface area (Å²) < 4.78 is 22.9. The van der Waals surface area contributed by atoms with Crippen molar-refractivity contribution in [2.75, 3.05) is 0 Å². The number of hydrogen-bond donors (Lipinski definition) is 2. The van der Waals surface area contributed by atoms with Gasteiger partial charge in [-0.15, -0.1) is 0 Å². The zero-order chi connectivity index (χ0) is 11.6. The third-order valence-electron chi connectivity index (χ3n) is 1.35. The zero-order valence-corrected chi connectivity index (χ0v) is 6.56. The molecular weight excluding hydrogens is 158 g/mol. The quantitative estimate of drug-likeness (QED) is 0.634. The Kier molecular flexibility index (Phi) is 1.49. The molecule has 0 fully saturated rings. The summed E-state index contributed by atoms with van der Waals surface area (Å²) in [6.07, 6.45) is 2.71. The average molecular weight is 172 g/mol. The molecule has 5 nitrogen and oxygen atoms in total. The highest BCUT2D eigenvalue weighted by atomic mass is 16.4. The first-order valence-corrected chi connectivity index (χ1v) is 3.34. The lowest BCUT2D eigenvalue weighted by Crippen LogP contribution is -2.32. The van der Waals surface area contributed by atoms with E-state index in [-0.39, 0.29) is 12.1 Å². The van der Waals surface area contributed by atoms with Gasteiger partial charge in [0.25, 0.3) is 0 Å². The average Bonchev–Trinajstić information content (AvgIpc) is 2.50. The van der Waals surface area contributed by atoms with Crippen molar-refractivity contribution in [2.45, 2.75) is 12.4 Å². The van der Waals surface area contributed by atoms with E-state index in [0.717, 1.165) is 0 Å². The van der Waals surface area contributed by atoms with Crippen molar-refractivity contribution >= 4 is 5.97 Å². The van der Waals surface area contributed by atoms with Gasteiger partial charge in [-0.2, -0.15) is 0 Å². The Balaban J connectivity index is 2.89. The zero-order valence-electron chi connectivity index (χ0n) is 9.56. The summed E-state index contributed by atoms with van der Waals surface area (Å²) >= 11 is 0. The number of carboxylic acid groups (broad SMARTS) is 1. The van der Waals surface area contributed by atoms with E-state index < -0.39 is 12.0 Å². The van der Waals surface area contributed by atoms with Crippen LogP contribution in [0.25, 0.3) is 0 Å². The van der Waals surface area contributed by atoms with E-state index in [9.17, 15) is 4.79 Å². The standard InChI is InChI=1S/C7H11N3O2/c1-10-3-5(9-4-10)2-6(8)7(11)12/h3-4,6H,2,8H2,1H3,(H,11,12)/t6-/m0/s1/i6D/hD2. The number of aromatic nitrogens is 2. The largest absolute Gasteiger partial charge is 0.480 e. The molecule has 0 saturated heterocycles. The minimum absolute atomic E-state index is 0.135. The van der Waals surface area contributed by atoms with Crippen LogP contribution >= 0.6 is 0 Å². The number of aliphatic carboxylic acids is 1. The summed E-state index contributed by atoms with van der Waals surface area (Å²) in [5.41, 5.74) is 0.226. The van der Waals surface area contributed by atoms with E-state index in [1.54, 1.807) is 17.8 Å². The van der Waals surface area contributed by atoms with Crippen molar-refractivity contribution in [1.29, 1.82) is 0 Å². The maximum atomic E-state index is 10.8. The van der Waals surface area contributed by atoms with Gasteiger partial charge in [-0.05, 0) is 0 Å². The van der Waals surface area contributed by atoms with Crippen LogP contribution in [0.2, 0.25) is 2.82 Å². The molecule has 0 bridgehead atoms. The number of aryl methyl sites for hydroxylation is 1. The van der Waals surface area contributed by atoms with Gasteiger partial charge >= 0.3 is 5.97 Å². The summed E-state index contributed by atoms with van der Waals surface area (Å²) in [7, 11) is 1.71. The van der Waals surface area contributed by atoms with Crippen LogP contribution in [-0.4, -0.2) is 26.6 Å². The molecule has 1 heterocycles. The van der Waals surface area contributed by atoms with Crippen molar-refractivity contribution in [2.24, 2.45) is 12.8 Å². The van der Waals surface area contributed by atoms with Crippen molar-refractivity contribution in [3.63, 3.8) is 0 Å². The number of nitrogens with two attached hydrogens (primary N) is 1. The van der Waals surface area contributed by atoms with E-state index in [2.05, 4.69) is 4.98 Å². The number of rotatable bonds is 4. The number of carbonyl (C=O) groups is 1. The predicted molar refractivity (Wildman–Crippen MR) is 42.5 cm³/mol. The molecule has 66 valence electrons. The van der Waals surface area contributed by atoms with Gasteiger partial charge in [0.1, 0.15) is 8.84 Å². The van der Waals surface area contributed by atoms with E-state index in [1.165, 1.54) is 6.33 Å². The number of hydrogen-bond acceptors (Lipinski definition) is 3. The van der Waals surface area contributed by atoms with Gasteiger partial charge in [0.05, 0.1) is 13.4 Å². The number of imidazole rings is 1. The first-order valence-electron chi connectivity index (χ1n) is 4.74. The molecule has 0 radical (unpaired) electrons. The molecule has 0 unspecified atom stereocenters. The van der Waals surface area contributed by atoms with Crippen LogP contribution in [0.3, 0.4) is 0 Å². The molecular formula is C7H11N3O2. The molecule has 1 rings (SSSR count). The van der Waals surface area contributed by atoms with Crippen molar-refractivity contribution in [3.05, 3.63) is 18.2 Å². The highest BCUT2D eigenvalue weighted by molar-refractivity contribution is 5.73. The molecule has 1 atom stereocenters. The molecule has 0 aliphatic rings. The molecule has 1 aromatic heterocycles. The summed E-state index contributed by atoms with van der Waals surface area (Å²) in [4.78, 5) is 14.6. The molecule has 0 aliphatic heterocycles. The van der Waals surface area contributed by atoms with Crippen LogP contribution in [0.4, 0.5) is 0 Å². The predicted octanol–water partition coefficient (Wildman–Crippen LogP) is -0.625. The van der Waals surface area contributed by atoms with E-state index in [4.69, 9.17) is 9.30 Å². The normalized spacial score (nSPS) is 19.3. The molecule has 0 aliphatic carbocycles. The molecule has 0 amide bonds. The lowest BCUT2D eigenvalue weighted by Gasteiger charge is -2.01. The van der Waals surface area contributed by atoms with Crippen molar-refractivity contribution < 1.29 is 14.1 Å². The first kappa shape index (κ1) is 5.31. The van der Waals surface area contributed by atoms with Gasteiger partial charge in [-0.1, -0.05) is 0 Å². The van der Waals surface area contributed by atoms with Crippen molar-refractivity contribution in [3.8, 4) is 0 Å². The summed E-state index contributed by atoms with van der Waals surface area (Å²) in [5, 5.41) is 8.77. The van der Waals surface area contributed by atoms with Crippen molar-refractivity contribution in [1.82, 2.24) is 9.55 Å². The second-order valence-corrected chi connectivity index (χ2v) is 2.46. The second-order valence-electron chi connectivity index (χ2n) is 2.46. The van der Waals surface area contributed by atoms with Crippen LogP contribution in [-0.2, 0) is 18.3 Å². The van der Waals surface area contributed by atoms with Gasteiger partial charge in [0, 0.05) is 19.7 Å². The van der Waals surface area contributed by atoms with Gasteiger partial charge in [0.15, 0.2) is 0 Å². The van der Waals surface area contributed by atoms with Crippen LogP contribution in [0.5, 0.6) is 0 Å². The minimum atomic E-state index is -2.33. The smallest absolute Gasteiger partial charge is 0.320 e. The molecule has 0 spiro atoms. The van der Waals surface area contributed by atoms with Gasteiger partial charge in [-0.3, -0.25) is 4.79 Å². The molecule has 3 N–H and O–H groups in total.